The summed E-state index contributed by atoms with van der Waals surface area (Å²) < 4.78 is 4.92. The van der Waals surface area contributed by atoms with Crippen molar-refractivity contribution in [3.8, 4) is 6.07 Å². The molecule has 0 heterocycles. The van der Waals surface area contributed by atoms with Crippen LogP contribution in [-0.2, 0) is 16.0 Å². The Hall–Kier alpha value is -2.55. The summed E-state index contributed by atoms with van der Waals surface area (Å²) in [6.07, 6.45) is 0.298. The third-order valence-electron chi connectivity index (χ3n) is 3.00. The van der Waals surface area contributed by atoms with Crippen molar-refractivity contribution >= 4 is 40.8 Å². The van der Waals surface area contributed by atoms with Crippen LogP contribution in [0.1, 0.15) is 15.9 Å². The number of carbonyl (C=O) groups excluding carboxylic acids is 2. The predicted octanol–water partition coefficient (Wildman–Crippen LogP) is 3.85. The Morgan fingerprint density at radius 2 is 1.83 bits per heavy atom. The van der Waals surface area contributed by atoms with Crippen molar-refractivity contribution in [1.29, 1.82) is 5.26 Å². The average molecular weight is 363 g/mol. The number of nitrogens with zero attached hydrogens (tertiary/aromatic N) is 1. The first-order valence-corrected chi connectivity index (χ1v) is 7.63. The van der Waals surface area contributed by atoms with Gasteiger partial charge in [-0.1, -0.05) is 35.3 Å². The van der Waals surface area contributed by atoms with Gasteiger partial charge in [0, 0.05) is 10.7 Å². The van der Waals surface area contributed by atoms with Crippen LogP contribution < -0.4 is 5.32 Å². The molecule has 1 amide bonds. The normalized spacial score (nSPS) is 9.88. The van der Waals surface area contributed by atoms with Crippen molar-refractivity contribution in [3.63, 3.8) is 0 Å². The molecule has 2 aromatic rings. The Kier molecular flexibility index (Phi) is 6.19. The number of halogens is 2. The van der Waals surface area contributed by atoms with E-state index in [2.05, 4.69) is 5.32 Å². The van der Waals surface area contributed by atoms with Crippen molar-refractivity contribution < 1.29 is 14.3 Å². The first kappa shape index (κ1) is 17.8. The quantitative estimate of drug-likeness (QED) is 0.819. The maximum Gasteiger partial charge on any atom is 0.340 e. The van der Waals surface area contributed by atoms with E-state index < -0.39 is 18.5 Å². The highest BCUT2D eigenvalue weighted by Gasteiger charge is 2.14. The number of ether oxygens (including phenoxy) is 1. The zero-order chi connectivity index (χ0) is 17.5. The summed E-state index contributed by atoms with van der Waals surface area (Å²) in [6.45, 7) is -0.457. The largest absolute Gasteiger partial charge is 0.452 e. The lowest BCUT2D eigenvalue weighted by molar-refractivity contribution is -0.119. The fourth-order valence-corrected chi connectivity index (χ4v) is 2.22. The number of esters is 1. The summed E-state index contributed by atoms with van der Waals surface area (Å²) in [6, 6.07) is 13.2. The maximum atomic E-state index is 11.9. The number of nitriles is 1. The molecule has 0 aliphatic heterocycles. The highest BCUT2D eigenvalue weighted by molar-refractivity contribution is 6.35. The molecule has 0 spiro atoms. The molecule has 2 aromatic carbocycles. The predicted molar refractivity (Wildman–Crippen MR) is 91.1 cm³/mol. The van der Waals surface area contributed by atoms with Crippen molar-refractivity contribution in [1.82, 2.24) is 0 Å². The van der Waals surface area contributed by atoms with Gasteiger partial charge in [0.25, 0.3) is 5.91 Å². The van der Waals surface area contributed by atoms with E-state index in [4.69, 9.17) is 33.2 Å². The van der Waals surface area contributed by atoms with Gasteiger partial charge < -0.3 is 10.1 Å². The van der Waals surface area contributed by atoms with Gasteiger partial charge in [-0.05, 0) is 35.9 Å². The second-order valence-electron chi connectivity index (χ2n) is 4.78. The number of hydrogen-bond donors (Lipinski definition) is 1. The number of amides is 1. The minimum absolute atomic E-state index is 0.0952. The van der Waals surface area contributed by atoms with Crippen LogP contribution in [0.15, 0.2) is 42.5 Å². The first-order chi connectivity index (χ1) is 11.5. The highest BCUT2D eigenvalue weighted by Crippen LogP contribution is 2.21. The monoisotopic (exact) mass is 362 g/mol. The topological polar surface area (TPSA) is 79.2 Å². The molecule has 0 aliphatic carbocycles. The van der Waals surface area contributed by atoms with E-state index >= 15 is 0 Å². The molecular weight excluding hydrogens is 351 g/mol. The Morgan fingerprint density at radius 3 is 2.50 bits per heavy atom. The molecule has 0 aliphatic rings. The van der Waals surface area contributed by atoms with Crippen LogP contribution in [0.3, 0.4) is 0 Å². The molecule has 122 valence electrons. The van der Waals surface area contributed by atoms with Gasteiger partial charge in [-0.15, -0.1) is 0 Å². The first-order valence-electron chi connectivity index (χ1n) is 6.87. The minimum Gasteiger partial charge on any atom is -0.452 e. The molecule has 0 saturated heterocycles. The van der Waals surface area contributed by atoms with Crippen LogP contribution in [0.4, 0.5) is 5.69 Å². The van der Waals surface area contributed by atoms with Gasteiger partial charge in [0.15, 0.2) is 6.61 Å². The highest BCUT2D eigenvalue weighted by atomic mass is 35.5. The molecule has 7 heteroatoms. The van der Waals surface area contributed by atoms with Crippen molar-refractivity contribution in [2.45, 2.75) is 6.42 Å². The molecule has 0 fully saturated rings. The SMILES string of the molecule is N#CCc1ccc(NC(=O)COC(=O)c2cc(Cl)ccc2Cl)cc1. The van der Waals surface area contributed by atoms with Crippen LogP contribution in [0.2, 0.25) is 10.0 Å². The van der Waals surface area contributed by atoms with Crippen molar-refractivity contribution in [3.05, 3.63) is 63.6 Å². The smallest absolute Gasteiger partial charge is 0.340 e. The molecule has 2 rings (SSSR count). The molecule has 0 unspecified atom stereocenters. The summed E-state index contributed by atoms with van der Waals surface area (Å²) in [7, 11) is 0. The van der Waals surface area contributed by atoms with E-state index in [9.17, 15) is 9.59 Å². The number of carbonyl (C=O) groups is 2. The average Bonchev–Trinajstić information content (AvgIpc) is 2.57. The summed E-state index contributed by atoms with van der Waals surface area (Å²) in [5.41, 5.74) is 1.48. The van der Waals surface area contributed by atoms with Gasteiger partial charge in [0.1, 0.15) is 0 Å². The standard InChI is InChI=1S/C17H12Cl2N2O3/c18-12-3-6-15(19)14(9-12)17(23)24-10-16(22)21-13-4-1-11(2-5-13)7-8-20/h1-6,9H,7,10H2,(H,21,22). The van der Waals surface area contributed by atoms with Crippen LogP contribution in [0, 0.1) is 11.3 Å². The lowest BCUT2D eigenvalue weighted by atomic mass is 10.1. The number of rotatable bonds is 5. The maximum absolute atomic E-state index is 11.9. The molecule has 0 saturated carbocycles. The molecular formula is C17H12Cl2N2O3. The zero-order valence-corrected chi connectivity index (χ0v) is 13.9. The van der Waals surface area contributed by atoms with E-state index in [-0.39, 0.29) is 10.6 Å². The third kappa shape index (κ3) is 4.98. The van der Waals surface area contributed by atoms with Crippen LogP contribution in [-0.4, -0.2) is 18.5 Å². The second kappa shape index (κ2) is 8.34. The summed E-state index contributed by atoms with van der Waals surface area (Å²) in [5, 5.41) is 11.7. The Labute approximate surface area is 148 Å². The van der Waals surface area contributed by atoms with Gasteiger partial charge in [-0.25, -0.2) is 4.79 Å². The van der Waals surface area contributed by atoms with Crippen LogP contribution >= 0.6 is 23.2 Å². The molecule has 24 heavy (non-hydrogen) atoms. The number of anilines is 1. The van der Waals surface area contributed by atoms with Crippen molar-refractivity contribution in [2.24, 2.45) is 0 Å². The summed E-state index contributed by atoms with van der Waals surface area (Å²) in [5.74, 6) is -1.23. The Balaban J connectivity index is 1.89. The number of hydrogen-bond acceptors (Lipinski definition) is 4. The molecule has 0 radical (unpaired) electrons. The third-order valence-corrected chi connectivity index (χ3v) is 3.57. The second-order valence-corrected chi connectivity index (χ2v) is 5.62. The van der Waals surface area contributed by atoms with E-state index in [1.807, 2.05) is 6.07 Å². The van der Waals surface area contributed by atoms with Crippen molar-refractivity contribution in [2.75, 3.05) is 11.9 Å². The van der Waals surface area contributed by atoms with E-state index in [0.29, 0.717) is 17.1 Å². The Bertz CT molecular complexity index is 798. The number of benzene rings is 2. The lowest BCUT2D eigenvalue weighted by Crippen LogP contribution is -2.21. The number of nitrogens with one attached hydrogen (secondary N) is 1. The minimum atomic E-state index is -0.734. The molecule has 0 bridgehead atoms. The summed E-state index contributed by atoms with van der Waals surface area (Å²) in [4.78, 5) is 23.7. The van der Waals surface area contributed by atoms with Gasteiger partial charge in [-0.2, -0.15) is 5.26 Å². The lowest BCUT2D eigenvalue weighted by Gasteiger charge is -2.08. The van der Waals surface area contributed by atoms with Gasteiger partial charge in [-0.3, -0.25) is 4.79 Å². The van der Waals surface area contributed by atoms with Gasteiger partial charge in [0.05, 0.1) is 23.1 Å². The molecule has 5 nitrogen and oxygen atoms in total. The fourth-order valence-electron chi connectivity index (χ4n) is 1.86. The van der Waals surface area contributed by atoms with Crippen LogP contribution in [0.25, 0.3) is 0 Å². The van der Waals surface area contributed by atoms with E-state index in [1.54, 1.807) is 30.3 Å². The van der Waals surface area contributed by atoms with Crippen LogP contribution in [0.5, 0.6) is 0 Å². The molecule has 0 aromatic heterocycles. The van der Waals surface area contributed by atoms with Gasteiger partial charge >= 0.3 is 5.97 Å². The Morgan fingerprint density at radius 1 is 1.12 bits per heavy atom. The van der Waals surface area contributed by atoms with E-state index in [1.165, 1.54) is 12.1 Å². The fraction of sp³-hybridized carbons (Fsp3) is 0.118. The molecule has 0 atom stereocenters. The summed E-state index contributed by atoms with van der Waals surface area (Å²) >= 11 is 11.7. The van der Waals surface area contributed by atoms with E-state index in [0.717, 1.165) is 5.56 Å². The molecule has 1 N–H and O–H groups in total. The zero-order valence-electron chi connectivity index (χ0n) is 12.4. The van der Waals surface area contributed by atoms with Gasteiger partial charge in [0.2, 0.25) is 0 Å².